The van der Waals surface area contributed by atoms with Crippen molar-refractivity contribution in [2.24, 2.45) is 23.5 Å². The van der Waals surface area contributed by atoms with E-state index in [0.717, 1.165) is 0 Å². The second kappa shape index (κ2) is 8.52. The minimum atomic E-state index is -1.13. The molecule has 3 aliphatic carbocycles. The number of nitrogens with zero attached hydrogens (tertiary/aromatic N) is 1. The number of phenols is 1. The second-order valence-electron chi connectivity index (χ2n) is 9.22. The van der Waals surface area contributed by atoms with Gasteiger partial charge in [-0.3, -0.25) is 19.2 Å². The van der Waals surface area contributed by atoms with Crippen LogP contribution in [0.5, 0.6) is 11.5 Å². The number of nitrogens with two attached hydrogens (primary N) is 1. The lowest BCUT2D eigenvalue weighted by Gasteiger charge is -2.42. The standard InChI is InChI=1S/C25H20Br2N2O7/c1-8-5-14(30)18-13(21(8)31)6-11-9(3-4-10-17(11)24(34)29(23(10)33)25(28)35)16(18)12-7-15(36-2)22(32)20(27)19(12)26/h3,5,7,10-11,16-17,32H,4,6H2,1-2H3,(H2,28,35). The molecule has 5 rings (SSSR count). The zero-order valence-electron chi connectivity index (χ0n) is 19.1. The number of hydrogen-bond acceptors (Lipinski definition) is 7. The molecule has 0 spiro atoms. The number of urea groups is 1. The summed E-state index contributed by atoms with van der Waals surface area (Å²) in [6, 6.07) is 0.445. The van der Waals surface area contributed by atoms with Gasteiger partial charge >= 0.3 is 6.03 Å². The normalized spacial score (nSPS) is 27.4. The minimum absolute atomic E-state index is 0.0776. The van der Waals surface area contributed by atoms with Crippen LogP contribution in [0.3, 0.4) is 0 Å². The minimum Gasteiger partial charge on any atom is -0.503 e. The molecule has 0 aromatic heterocycles. The van der Waals surface area contributed by atoms with Gasteiger partial charge in [0, 0.05) is 27.1 Å². The van der Waals surface area contributed by atoms with Crippen LogP contribution in [0.15, 0.2) is 49.5 Å². The van der Waals surface area contributed by atoms with Crippen LogP contribution >= 0.6 is 31.9 Å². The number of carbonyl (C=O) groups is 5. The average molecular weight is 620 g/mol. The van der Waals surface area contributed by atoms with E-state index >= 15 is 0 Å². The van der Waals surface area contributed by atoms with E-state index in [2.05, 4.69) is 31.9 Å². The Bertz CT molecular complexity index is 1410. The summed E-state index contributed by atoms with van der Waals surface area (Å²) in [5.74, 6) is -5.02. The van der Waals surface area contributed by atoms with Gasteiger partial charge in [-0.1, -0.05) is 11.6 Å². The predicted molar refractivity (Wildman–Crippen MR) is 133 cm³/mol. The number of allylic oxidation sites excluding steroid dienone is 6. The molecule has 36 heavy (non-hydrogen) atoms. The van der Waals surface area contributed by atoms with Crippen molar-refractivity contribution in [3.63, 3.8) is 0 Å². The summed E-state index contributed by atoms with van der Waals surface area (Å²) in [5.41, 5.74) is 7.41. The number of ether oxygens (including phenoxy) is 1. The lowest BCUT2D eigenvalue weighted by molar-refractivity contribution is -0.136. The number of primary amides is 1. The van der Waals surface area contributed by atoms with Crippen molar-refractivity contribution < 1.29 is 33.8 Å². The lowest BCUT2D eigenvalue weighted by Crippen LogP contribution is -2.42. The monoisotopic (exact) mass is 618 g/mol. The molecule has 186 valence electrons. The first kappa shape index (κ1) is 24.6. The molecule has 4 amide bonds. The number of amides is 4. The van der Waals surface area contributed by atoms with Crippen molar-refractivity contribution in [1.82, 2.24) is 4.90 Å². The number of benzene rings is 1. The fraction of sp³-hybridized carbons (Fsp3) is 0.320. The molecule has 4 unspecified atom stereocenters. The Morgan fingerprint density at radius 3 is 2.47 bits per heavy atom. The molecular formula is C25H20Br2N2O7. The molecule has 1 heterocycles. The van der Waals surface area contributed by atoms with E-state index in [4.69, 9.17) is 10.5 Å². The smallest absolute Gasteiger partial charge is 0.328 e. The number of methoxy groups -OCH3 is 1. The third kappa shape index (κ3) is 3.28. The Labute approximate surface area is 222 Å². The van der Waals surface area contributed by atoms with E-state index in [0.29, 0.717) is 25.0 Å². The first-order valence-electron chi connectivity index (χ1n) is 11.1. The number of halogens is 2. The van der Waals surface area contributed by atoms with E-state index in [1.807, 2.05) is 6.08 Å². The van der Waals surface area contributed by atoms with Gasteiger partial charge in [0.15, 0.2) is 23.1 Å². The third-order valence-corrected chi connectivity index (χ3v) is 9.65. The highest BCUT2D eigenvalue weighted by Crippen LogP contribution is 2.57. The Morgan fingerprint density at radius 2 is 1.83 bits per heavy atom. The number of rotatable bonds is 2. The quantitative estimate of drug-likeness (QED) is 0.293. The van der Waals surface area contributed by atoms with Crippen molar-refractivity contribution in [1.29, 1.82) is 0 Å². The molecule has 0 bridgehead atoms. The summed E-state index contributed by atoms with van der Waals surface area (Å²) in [6.45, 7) is 1.56. The van der Waals surface area contributed by atoms with Crippen molar-refractivity contribution in [3.8, 4) is 11.5 Å². The van der Waals surface area contributed by atoms with Gasteiger partial charge in [0.1, 0.15) is 0 Å². The molecular weight excluding hydrogens is 600 g/mol. The van der Waals surface area contributed by atoms with E-state index in [-0.39, 0.29) is 52.6 Å². The number of fused-ring (bicyclic) bond motifs is 3. The number of likely N-dealkylation sites (tertiary alicyclic amines) is 1. The summed E-state index contributed by atoms with van der Waals surface area (Å²) < 4.78 is 6.07. The highest BCUT2D eigenvalue weighted by molar-refractivity contribution is 9.13. The maximum absolute atomic E-state index is 13.3. The van der Waals surface area contributed by atoms with Gasteiger partial charge < -0.3 is 15.6 Å². The van der Waals surface area contributed by atoms with Gasteiger partial charge in [0.25, 0.3) is 0 Å². The Balaban J connectivity index is 1.76. The molecule has 11 heteroatoms. The molecule has 1 saturated heterocycles. The van der Waals surface area contributed by atoms with Crippen LogP contribution in [0, 0.1) is 17.8 Å². The topological polar surface area (TPSA) is 144 Å². The van der Waals surface area contributed by atoms with Gasteiger partial charge in [-0.15, -0.1) is 0 Å². The van der Waals surface area contributed by atoms with Gasteiger partial charge in [0.05, 0.1) is 23.4 Å². The maximum atomic E-state index is 13.3. The lowest BCUT2D eigenvalue weighted by atomic mass is 9.59. The van der Waals surface area contributed by atoms with Gasteiger partial charge in [-0.05, 0) is 75.2 Å². The van der Waals surface area contributed by atoms with E-state index in [9.17, 15) is 29.1 Å². The van der Waals surface area contributed by atoms with E-state index in [1.54, 1.807) is 13.0 Å². The molecule has 4 aliphatic rings. The van der Waals surface area contributed by atoms with Crippen LogP contribution in [-0.4, -0.2) is 46.5 Å². The average Bonchev–Trinajstić information content (AvgIpc) is 3.10. The molecule has 1 aromatic rings. The number of phenolic OH excluding ortho intramolecular Hbond substituents is 1. The van der Waals surface area contributed by atoms with Crippen LogP contribution < -0.4 is 10.5 Å². The summed E-state index contributed by atoms with van der Waals surface area (Å²) in [4.78, 5) is 65.1. The number of imide groups is 3. The first-order chi connectivity index (χ1) is 17.0. The van der Waals surface area contributed by atoms with Crippen LogP contribution in [0.4, 0.5) is 4.79 Å². The Hall–Kier alpha value is -3.05. The zero-order chi connectivity index (χ0) is 26.2. The first-order valence-corrected chi connectivity index (χ1v) is 12.7. The van der Waals surface area contributed by atoms with Crippen LogP contribution in [-0.2, 0) is 19.2 Å². The molecule has 0 radical (unpaired) electrons. The van der Waals surface area contributed by atoms with Gasteiger partial charge in [-0.2, -0.15) is 4.90 Å². The summed E-state index contributed by atoms with van der Waals surface area (Å²) in [6.07, 6.45) is 3.38. The number of carbonyl (C=O) groups excluding carboxylic acids is 5. The van der Waals surface area contributed by atoms with Crippen LogP contribution in [0.2, 0.25) is 0 Å². The van der Waals surface area contributed by atoms with Crippen molar-refractivity contribution in [3.05, 3.63) is 55.0 Å². The SMILES string of the molecule is COc1cc(C2C3=CCC4C(=O)N(C(N)=O)C(=O)C4C3CC3=C2C(=O)C=C(C)C3=O)c(Br)c(Br)c1O. The molecule has 1 aliphatic heterocycles. The molecule has 0 saturated carbocycles. The van der Waals surface area contributed by atoms with Crippen molar-refractivity contribution >= 4 is 61.3 Å². The molecule has 1 aromatic carbocycles. The van der Waals surface area contributed by atoms with E-state index < -0.39 is 41.5 Å². The Morgan fingerprint density at radius 1 is 1.14 bits per heavy atom. The van der Waals surface area contributed by atoms with Crippen molar-refractivity contribution in [2.75, 3.05) is 7.11 Å². The fourth-order valence-electron chi connectivity index (χ4n) is 5.93. The summed E-state index contributed by atoms with van der Waals surface area (Å²) in [7, 11) is 1.39. The summed E-state index contributed by atoms with van der Waals surface area (Å²) in [5, 5.41) is 10.5. The van der Waals surface area contributed by atoms with E-state index in [1.165, 1.54) is 13.2 Å². The third-order valence-electron chi connectivity index (χ3n) is 7.49. The molecule has 3 N–H and O–H groups in total. The zero-order valence-corrected chi connectivity index (χ0v) is 22.3. The van der Waals surface area contributed by atoms with Crippen LogP contribution in [0.1, 0.15) is 31.2 Å². The largest absolute Gasteiger partial charge is 0.503 e. The molecule has 9 nitrogen and oxygen atoms in total. The Kier molecular flexibility index (Phi) is 5.83. The second-order valence-corrected chi connectivity index (χ2v) is 10.8. The van der Waals surface area contributed by atoms with Gasteiger partial charge in [-0.25, -0.2) is 4.79 Å². The number of ketones is 2. The highest BCUT2D eigenvalue weighted by atomic mass is 79.9. The van der Waals surface area contributed by atoms with Crippen molar-refractivity contribution in [2.45, 2.75) is 25.7 Å². The maximum Gasteiger partial charge on any atom is 0.328 e. The number of aromatic hydroxyl groups is 1. The predicted octanol–water partition coefficient (Wildman–Crippen LogP) is 3.43. The number of Topliss-reactive ketones (excluding diaryl/α,β-unsaturated/α-hetero) is 1. The molecule has 1 fully saturated rings. The summed E-state index contributed by atoms with van der Waals surface area (Å²) >= 11 is 6.86. The number of hydrogen-bond donors (Lipinski definition) is 2. The highest BCUT2D eigenvalue weighted by Gasteiger charge is 2.57. The van der Waals surface area contributed by atoms with Crippen LogP contribution in [0.25, 0.3) is 0 Å². The molecule has 4 atom stereocenters. The fourth-order valence-corrected chi connectivity index (χ4v) is 6.89. The van der Waals surface area contributed by atoms with Gasteiger partial charge in [0.2, 0.25) is 11.8 Å².